The summed E-state index contributed by atoms with van der Waals surface area (Å²) in [6.45, 7) is 0. The van der Waals surface area contributed by atoms with E-state index in [9.17, 15) is 4.79 Å². The van der Waals surface area contributed by atoms with Crippen molar-refractivity contribution in [2.45, 2.75) is 0 Å². The van der Waals surface area contributed by atoms with E-state index >= 15 is 0 Å². The SMILES string of the molecule is O=C(NNc1nc(-c2ccccn2)nnc1-c1ccccc1)c1ccccc1. The van der Waals surface area contributed by atoms with Gasteiger partial charge in [-0.25, -0.2) is 4.98 Å². The second-order valence-electron chi connectivity index (χ2n) is 5.86. The van der Waals surface area contributed by atoms with Crippen molar-refractivity contribution < 1.29 is 4.79 Å². The maximum atomic E-state index is 12.4. The Morgan fingerprint density at radius 3 is 2.21 bits per heavy atom. The zero-order chi connectivity index (χ0) is 19.2. The van der Waals surface area contributed by atoms with Gasteiger partial charge in [0.15, 0.2) is 5.82 Å². The van der Waals surface area contributed by atoms with Crippen molar-refractivity contribution in [3.05, 3.63) is 90.6 Å². The van der Waals surface area contributed by atoms with Crippen molar-refractivity contribution in [1.82, 2.24) is 25.6 Å². The molecule has 0 bridgehead atoms. The maximum absolute atomic E-state index is 12.4. The lowest BCUT2D eigenvalue weighted by Crippen LogP contribution is -2.30. The lowest BCUT2D eigenvalue weighted by molar-refractivity contribution is 0.0962. The third-order valence-electron chi connectivity index (χ3n) is 3.96. The van der Waals surface area contributed by atoms with Crippen LogP contribution in [0.2, 0.25) is 0 Å². The molecule has 0 unspecified atom stereocenters. The molecule has 7 heteroatoms. The summed E-state index contributed by atoms with van der Waals surface area (Å²) in [4.78, 5) is 21.1. The Morgan fingerprint density at radius 2 is 1.50 bits per heavy atom. The quantitative estimate of drug-likeness (QED) is 0.525. The van der Waals surface area contributed by atoms with E-state index in [0.717, 1.165) is 5.56 Å². The minimum atomic E-state index is -0.280. The Kier molecular flexibility index (Phi) is 4.97. The molecule has 2 N–H and O–H groups in total. The minimum Gasteiger partial charge on any atom is -0.280 e. The molecule has 0 saturated carbocycles. The fourth-order valence-electron chi connectivity index (χ4n) is 2.58. The van der Waals surface area contributed by atoms with Gasteiger partial charge in [0.05, 0.1) is 0 Å². The molecular weight excluding hydrogens is 352 g/mol. The summed E-state index contributed by atoms with van der Waals surface area (Å²) in [5, 5.41) is 8.50. The number of nitrogens with zero attached hydrogens (tertiary/aromatic N) is 4. The van der Waals surface area contributed by atoms with Gasteiger partial charge >= 0.3 is 0 Å². The number of rotatable bonds is 5. The zero-order valence-corrected chi connectivity index (χ0v) is 14.8. The van der Waals surface area contributed by atoms with Crippen molar-refractivity contribution in [3.8, 4) is 22.8 Å². The van der Waals surface area contributed by atoms with Crippen LogP contribution < -0.4 is 10.9 Å². The van der Waals surface area contributed by atoms with E-state index < -0.39 is 0 Å². The lowest BCUT2D eigenvalue weighted by atomic mass is 10.1. The third-order valence-corrected chi connectivity index (χ3v) is 3.96. The van der Waals surface area contributed by atoms with E-state index in [0.29, 0.717) is 28.6 Å². The Morgan fingerprint density at radius 1 is 0.786 bits per heavy atom. The summed E-state index contributed by atoms with van der Waals surface area (Å²) in [6, 6.07) is 23.9. The van der Waals surface area contributed by atoms with Gasteiger partial charge in [-0.2, -0.15) is 0 Å². The number of benzene rings is 2. The summed E-state index contributed by atoms with van der Waals surface area (Å²) < 4.78 is 0. The van der Waals surface area contributed by atoms with Crippen molar-refractivity contribution >= 4 is 11.7 Å². The summed E-state index contributed by atoms with van der Waals surface area (Å²) in [5.41, 5.74) is 8.01. The van der Waals surface area contributed by atoms with Gasteiger partial charge in [-0.1, -0.05) is 54.6 Å². The number of carbonyl (C=O) groups excluding carboxylic acids is 1. The van der Waals surface area contributed by atoms with E-state index in [2.05, 4.69) is 31.0 Å². The highest BCUT2D eigenvalue weighted by molar-refractivity contribution is 5.95. The van der Waals surface area contributed by atoms with Crippen molar-refractivity contribution in [2.24, 2.45) is 0 Å². The van der Waals surface area contributed by atoms with E-state index in [1.165, 1.54) is 0 Å². The monoisotopic (exact) mass is 368 g/mol. The molecule has 2 aromatic carbocycles. The van der Waals surface area contributed by atoms with Crippen LogP contribution in [-0.4, -0.2) is 26.1 Å². The smallest absolute Gasteiger partial charge is 0.269 e. The van der Waals surface area contributed by atoms with Crippen molar-refractivity contribution in [3.63, 3.8) is 0 Å². The molecule has 2 heterocycles. The van der Waals surface area contributed by atoms with E-state index in [-0.39, 0.29) is 5.91 Å². The molecule has 0 atom stereocenters. The molecule has 7 nitrogen and oxygen atoms in total. The number of hydrogen-bond donors (Lipinski definition) is 2. The Hall–Kier alpha value is -4.13. The van der Waals surface area contributed by atoms with E-state index in [1.54, 1.807) is 36.5 Å². The predicted molar refractivity (Wildman–Crippen MR) is 106 cm³/mol. The average Bonchev–Trinajstić information content (AvgIpc) is 2.79. The summed E-state index contributed by atoms with van der Waals surface area (Å²) in [7, 11) is 0. The first-order chi connectivity index (χ1) is 13.8. The van der Waals surface area contributed by atoms with Crippen LogP contribution >= 0.6 is 0 Å². The standard InChI is InChI=1S/C21H16N6O/c28-21(16-11-5-2-6-12-16)27-26-20-18(15-9-3-1-4-10-15)24-25-19(23-20)17-13-7-8-14-22-17/h1-14H,(H,27,28)(H,23,25,26). The molecule has 0 aliphatic rings. The zero-order valence-electron chi connectivity index (χ0n) is 14.8. The van der Waals surface area contributed by atoms with Crippen LogP contribution in [0.1, 0.15) is 10.4 Å². The molecule has 0 fully saturated rings. The van der Waals surface area contributed by atoms with E-state index in [4.69, 9.17) is 0 Å². The molecule has 2 aromatic heterocycles. The fraction of sp³-hybridized carbons (Fsp3) is 0. The molecule has 0 radical (unpaired) electrons. The highest BCUT2D eigenvalue weighted by Gasteiger charge is 2.14. The molecule has 0 aliphatic carbocycles. The third kappa shape index (κ3) is 3.83. The Bertz CT molecular complexity index is 1070. The first kappa shape index (κ1) is 17.3. The van der Waals surface area contributed by atoms with Gasteiger partial charge in [0, 0.05) is 17.3 Å². The predicted octanol–water partition coefficient (Wildman–Crippen LogP) is 3.36. The highest BCUT2D eigenvalue weighted by Crippen LogP contribution is 2.24. The van der Waals surface area contributed by atoms with Crippen LogP contribution in [0.15, 0.2) is 85.1 Å². The summed E-state index contributed by atoms with van der Waals surface area (Å²) in [6.07, 6.45) is 1.66. The first-order valence-electron chi connectivity index (χ1n) is 8.64. The first-order valence-corrected chi connectivity index (χ1v) is 8.64. The Labute approximate surface area is 161 Å². The van der Waals surface area contributed by atoms with Gasteiger partial charge < -0.3 is 0 Å². The molecule has 136 valence electrons. The molecule has 0 saturated heterocycles. The average molecular weight is 368 g/mol. The Balaban J connectivity index is 1.67. The number of hydrogen-bond acceptors (Lipinski definition) is 6. The van der Waals surface area contributed by atoms with Crippen LogP contribution in [0.25, 0.3) is 22.8 Å². The maximum Gasteiger partial charge on any atom is 0.269 e. The second kappa shape index (κ2) is 8.05. The van der Waals surface area contributed by atoms with Crippen LogP contribution in [0.5, 0.6) is 0 Å². The largest absolute Gasteiger partial charge is 0.280 e. The lowest BCUT2D eigenvalue weighted by Gasteiger charge is -2.12. The molecule has 1 amide bonds. The van der Waals surface area contributed by atoms with Gasteiger partial charge in [-0.15, -0.1) is 10.2 Å². The van der Waals surface area contributed by atoms with Crippen LogP contribution in [0.4, 0.5) is 5.82 Å². The highest BCUT2D eigenvalue weighted by atomic mass is 16.2. The van der Waals surface area contributed by atoms with Gasteiger partial charge in [0.25, 0.3) is 5.91 Å². The molecule has 0 spiro atoms. The number of carbonyl (C=O) groups is 1. The number of amides is 1. The number of nitrogens with one attached hydrogen (secondary N) is 2. The van der Waals surface area contributed by atoms with E-state index in [1.807, 2.05) is 48.5 Å². The molecule has 4 aromatic rings. The number of pyridine rings is 1. The molecular formula is C21H16N6O. The summed E-state index contributed by atoms with van der Waals surface area (Å²) in [5.74, 6) is 0.459. The molecule has 4 rings (SSSR count). The number of anilines is 1. The van der Waals surface area contributed by atoms with Gasteiger partial charge in [-0.05, 0) is 24.3 Å². The van der Waals surface area contributed by atoms with Gasteiger partial charge in [0.2, 0.25) is 5.82 Å². The normalized spacial score (nSPS) is 10.3. The topological polar surface area (TPSA) is 92.7 Å². The van der Waals surface area contributed by atoms with Crippen LogP contribution in [-0.2, 0) is 0 Å². The summed E-state index contributed by atoms with van der Waals surface area (Å²) >= 11 is 0. The van der Waals surface area contributed by atoms with Gasteiger partial charge in [0.1, 0.15) is 11.4 Å². The van der Waals surface area contributed by atoms with Crippen molar-refractivity contribution in [1.29, 1.82) is 0 Å². The van der Waals surface area contributed by atoms with Crippen LogP contribution in [0.3, 0.4) is 0 Å². The second-order valence-corrected chi connectivity index (χ2v) is 5.86. The fourth-order valence-corrected chi connectivity index (χ4v) is 2.58. The number of aromatic nitrogens is 4. The minimum absolute atomic E-state index is 0.280. The van der Waals surface area contributed by atoms with Crippen LogP contribution in [0, 0.1) is 0 Å². The molecule has 0 aliphatic heterocycles. The van der Waals surface area contributed by atoms with Gasteiger partial charge in [-0.3, -0.25) is 20.6 Å². The number of hydrazine groups is 1. The van der Waals surface area contributed by atoms with Crippen molar-refractivity contribution in [2.75, 3.05) is 5.43 Å². The molecule has 28 heavy (non-hydrogen) atoms.